The number of benzene rings is 1. The lowest BCUT2D eigenvalue weighted by atomic mass is 9.90. The Bertz CT molecular complexity index is 295. The molecule has 0 unspecified atom stereocenters. The Morgan fingerprint density at radius 1 is 1.18 bits per heavy atom. The van der Waals surface area contributed by atoms with Crippen LogP contribution in [0.3, 0.4) is 0 Å². The first kappa shape index (κ1) is 14.5. The molecule has 0 atom stereocenters. The molecule has 0 aliphatic rings. The summed E-state index contributed by atoms with van der Waals surface area (Å²) >= 11 is 5.78. The summed E-state index contributed by atoms with van der Waals surface area (Å²) in [6, 6.07) is 10.7. The second kappa shape index (κ2) is 7.73. The summed E-state index contributed by atoms with van der Waals surface area (Å²) in [5, 5.41) is 3.52. The van der Waals surface area contributed by atoms with Gasteiger partial charge in [0.25, 0.3) is 0 Å². The van der Waals surface area contributed by atoms with E-state index in [2.05, 4.69) is 49.5 Å². The Balaban J connectivity index is 2.09. The van der Waals surface area contributed by atoms with Crippen LogP contribution in [0.1, 0.15) is 32.3 Å². The Hall–Kier alpha value is -0.530. The summed E-state index contributed by atoms with van der Waals surface area (Å²) in [4.78, 5) is 0. The third-order valence-electron chi connectivity index (χ3n) is 3.04. The van der Waals surface area contributed by atoms with Gasteiger partial charge in [-0.15, -0.1) is 11.6 Å². The summed E-state index contributed by atoms with van der Waals surface area (Å²) in [5.41, 5.74) is 1.74. The van der Waals surface area contributed by atoms with Gasteiger partial charge in [0.2, 0.25) is 0 Å². The van der Waals surface area contributed by atoms with Crippen LogP contribution in [0, 0.1) is 5.41 Å². The molecule has 1 rings (SSSR count). The molecule has 96 valence electrons. The van der Waals surface area contributed by atoms with Crippen molar-refractivity contribution >= 4 is 11.6 Å². The van der Waals surface area contributed by atoms with E-state index in [0.717, 1.165) is 31.8 Å². The molecule has 0 bridgehead atoms. The summed E-state index contributed by atoms with van der Waals surface area (Å²) < 4.78 is 0. The van der Waals surface area contributed by atoms with E-state index >= 15 is 0 Å². The maximum atomic E-state index is 5.78. The van der Waals surface area contributed by atoms with Gasteiger partial charge in [-0.3, -0.25) is 0 Å². The largest absolute Gasteiger partial charge is 0.316 e. The lowest BCUT2D eigenvalue weighted by Gasteiger charge is -2.23. The fraction of sp³-hybridized carbons (Fsp3) is 0.600. The minimum atomic E-state index is 0.314. The lowest BCUT2D eigenvalue weighted by Crippen LogP contribution is -2.30. The Morgan fingerprint density at radius 3 is 2.53 bits per heavy atom. The minimum Gasteiger partial charge on any atom is -0.316 e. The monoisotopic (exact) mass is 253 g/mol. The first-order valence-corrected chi connectivity index (χ1v) is 6.98. The van der Waals surface area contributed by atoms with Crippen LogP contribution < -0.4 is 5.32 Å². The molecule has 0 aliphatic heterocycles. The number of hydrogen-bond acceptors (Lipinski definition) is 1. The maximum absolute atomic E-state index is 5.78. The molecular weight excluding hydrogens is 230 g/mol. The summed E-state index contributed by atoms with van der Waals surface area (Å²) in [6.45, 7) is 6.66. The predicted octanol–water partition coefficient (Wildman–Crippen LogP) is 3.86. The zero-order chi connectivity index (χ0) is 12.6. The molecule has 17 heavy (non-hydrogen) atoms. The summed E-state index contributed by atoms with van der Waals surface area (Å²) in [7, 11) is 0. The Morgan fingerprint density at radius 2 is 1.88 bits per heavy atom. The lowest BCUT2D eigenvalue weighted by molar-refractivity contribution is 0.330. The van der Waals surface area contributed by atoms with Crippen molar-refractivity contribution in [2.45, 2.75) is 33.1 Å². The van der Waals surface area contributed by atoms with Gasteiger partial charge in [-0.2, -0.15) is 0 Å². The molecule has 2 heteroatoms. The molecule has 0 fully saturated rings. The number of alkyl halides is 1. The quantitative estimate of drug-likeness (QED) is 0.548. The van der Waals surface area contributed by atoms with Gasteiger partial charge in [0.05, 0.1) is 0 Å². The number of rotatable bonds is 8. The van der Waals surface area contributed by atoms with Gasteiger partial charge in [-0.1, -0.05) is 44.2 Å². The molecule has 1 aromatic rings. The van der Waals surface area contributed by atoms with Gasteiger partial charge in [0.15, 0.2) is 0 Å². The highest BCUT2D eigenvalue weighted by Gasteiger charge is 2.15. The second-order valence-electron chi connectivity index (χ2n) is 5.37. The fourth-order valence-electron chi connectivity index (χ4n) is 1.83. The molecule has 0 spiro atoms. The van der Waals surface area contributed by atoms with Crippen LogP contribution in [-0.4, -0.2) is 19.0 Å². The van der Waals surface area contributed by atoms with Crippen LogP contribution in [-0.2, 0) is 6.42 Å². The number of aryl methyl sites for hydroxylation is 1. The van der Waals surface area contributed by atoms with E-state index < -0.39 is 0 Å². The van der Waals surface area contributed by atoms with Crippen LogP contribution in [0.15, 0.2) is 30.3 Å². The molecular formula is C15H24ClN. The van der Waals surface area contributed by atoms with Gasteiger partial charge in [-0.05, 0) is 36.8 Å². The van der Waals surface area contributed by atoms with E-state index in [1.807, 2.05) is 0 Å². The molecule has 0 amide bonds. The van der Waals surface area contributed by atoms with Gasteiger partial charge in [-0.25, -0.2) is 0 Å². The van der Waals surface area contributed by atoms with Crippen molar-refractivity contribution in [1.29, 1.82) is 0 Å². The van der Waals surface area contributed by atoms with Gasteiger partial charge >= 0.3 is 0 Å². The average molecular weight is 254 g/mol. The first-order valence-electron chi connectivity index (χ1n) is 6.45. The van der Waals surface area contributed by atoms with E-state index in [1.165, 1.54) is 12.0 Å². The van der Waals surface area contributed by atoms with Crippen LogP contribution in [0.5, 0.6) is 0 Å². The minimum absolute atomic E-state index is 0.314. The maximum Gasteiger partial charge on any atom is 0.0229 e. The van der Waals surface area contributed by atoms with Crippen LogP contribution >= 0.6 is 11.6 Å². The normalized spacial score (nSPS) is 11.7. The van der Waals surface area contributed by atoms with Gasteiger partial charge in [0.1, 0.15) is 0 Å². The molecule has 1 aromatic carbocycles. The van der Waals surface area contributed by atoms with Crippen molar-refractivity contribution in [3.63, 3.8) is 0 Å². The zero-order valence-electron chi connectivity index (χ0n) is 11.0. The van der Waals surface area contributed by atoms with Crippen molar-refractivity contribution in [3.05, 3.63) is 35.9 Å². The van der Waals surface area contributed by atoms with E-state index in [0.29, 0.717) is 5.41 Å². The fourth-order valence-corrected chi connectivity index (χ4v) is 2.34. The molecule has 0 heterocycles. The number of nitrogens with one attached hydrogen (secondary N) is 1. The van der Waals surface area contributed by atoms with Crippen molar-refractivity contribution in [2.24, 2.45) is 5.41 Å². The van der Waals surface area contributed by atoms with Crippen molar-refractivity contribution in [2.75, 3.05) is 19.0 Å². The molecule has 1 nitrogen and oxygen atoms in total. The molecule has 0 radical (unpaired) electrons. The van der Waals surface area contributed by atoms with Gasteiger partial charge < -0.3 is 5.32 Å². The second-order valence-corrected chi connectivity index (χ2v) is 5.75. The van der Waals surface area contributed by atoms with E-state index in [-0.39, 0.29) is 0 Å². The predicted molar refractivity (Wildman–Crippen MR) is 76.8 cm³/mol. The smallest absolute Gasteiger partial charge is 0.0229 e. The highest BCUT2D eigenvalue weighted by atomic mass is 35.5. The van der Waals surface area contributed by atoms with Gasteiger partial charge in [0, 0.05) is 12.4 Å². The Labute approximate surface area is 111 Å². The van der Waals surface area contributed by atoms with E-state index in [9.17, 15) is 0 Å². The molecule has 0 saturated heterocycles. The molecule has 0 aliphatic carbocycles. The SMILES string of the molecule is CC(C)(CCCl)CNCCCc1ccccc1. The highest BCUT2D eigenvalue weighted by Crippen LogP contribution is 2.19. The Kier molecular flexibility index (Phi) is 6.61. The molecule has 0 saturated carbocycles. The summed E-state index contributed by atoms with van der Waals surface area (Å²) in [5.74, 6) is 0.749. The van der Waals surface area contributed by atoms with Crippen LogP contribution in [0.4, 0.5) is 0 Å². The third kappa shape index (κ3) is 6.70. The van der Waals surface area contributed by atoms with Crippen molar-refractivity contribution in [3.8, 4) is 0 Å². The van der Waals surface area contributed by atoms with E-state index in [1.54, 1.807) is 0 Å². The number of hydrogen-bond donors (Lipinski definition) is 1. The zero-order valence-corrected chi connectivity index (χ0v) is 11.8. The number of halogens is 1. The van der Waals surface area contributed by atoms with Crippen molar-refractivity contribution in [1.82, 2.24) is 5.32 Å². The highest BCUT2D eigenvalue weighted by molar-refractivity contribution is 6.17. The van der Waals surface area contributed by atoms with Crippen LogP contribution in [0.2, 0.25) is 0 Å². The van der Waals surface area contributed by atoms with Crippen molar-refractivity contribution < 1.29 is 0 Å². The standard InChI is InChI=1S/C15H24ClN/c1-15(2,10-11-16)13-17-12-6-9-14-7-4-3-5-8-14/h3-5,7-8,17H,6,9-13H2,1-2H3. The van der Waals surface area contributed by atoms with Crippen LogP contribution in [0.25, 0.3) is 0 Å². The first-order chi connectivity index (χ1) is 8.14. The third-order valence-corrected chi connectivity index (χ3v) is 3.23. The topological polar surface area (TPSA) is 12.0 Å². The molecule has 1 N–H and O–H groups in total. The average Bonchev–Trinajstić information content (AvgIpc) is 2.30. The molecule has 0 aromatic heterocycles. The van der Waals surface area contributed by atoms with E-state index in [4.69, 9.17) is 11.6 Å². The summed E-state index contributed by atoms with van der Waals surface area (Å²) in [6.07, 6.45) is 3.42.